The van der Waals surface area contributed by atoms with Crippen LogP contribution in [0.15, 0.2) is 42.6 Å². The number of pyridine rings is 1. The highest BCUT2D eigenvalue weighted by Gasteiger charge is 2.43. The Morgan fingerprint density at radius 3 is 2.41 bits per heavy atom. The second-order valence-electron chi connectivity index (χ2n) is 4.31. The quantitative estimate of drug-likeness (QED) is 0.882. The van der Waals surface area contributed by atoms with Gasteiger partial charge in [0, 0.05) is 11.8 Å². The fraction of sp³-hybridized carbons (Fsp3) is 0.143. The van der Waals surface area contributed by atoms with E-state index in [1.165, 1.54) is 24.4 Å². The number of hydrogen-bond donors (Lipinski definition) is 1. The van der Waals surface area contributed by atoms with E-state index in [2.05, 4.69) is 4.98 Å². The van der Waals surface area contributed by atoms with Gasteiger partial charge in [-0.25, -0.2) is 8.78 Å². The van der Waals surface area contributed by atoms with Crippen molar-refractivity contribution >= 4 is 5.91 Å². The SMILES string of the molecule is O=C(NC(c1cccc(F)c1F)C(F)(F)F)c1ccccn1. The highest BCUT2D eigenvalue weighted by Crippen LogP contribution is 2.34. The molecule has 116 valence electrons. The van der Waals surface area contributed by atoms with Gasteiger partial charge >= 0.3 is 6.18 Å². The second-order valence-corrected chi connectivity index (χ2v) is 4.31. The Bertz CT molecular complexity index is 673. The first-order chi connectivity index (χ1) is 10.3. The number of benzene rings is 1. The number of halogens is 5. The molecule has 2 rings (SSSR count). The van der Waals surface area contributed by atoms with Crippen molar-refractivity contribution in [3.8, 4) is 0 Å². The van der Waals surface area contributed by atoms with E-state index in [9.17, 15) is 26.7 Å². The first-order valence-electron chi connectivity index (χ1n) is 6.03. The average molecular weight is 316 g/mol. The van der Waals surface area contributed by atoms with E-state index >= 15 is 0 Å². The number of rotatable bonds is 3. The molecule has 0 aliphatic heterocycles. The summed E-state index contributed by atoms with van der Waals surface area (Å²) in [4.78, 5) is 15.4. The van der Waals surface area contributed by atoms with Crippen LogP contribution in [-0.2, 0) is 0 Å². The van der Waals surface area contributed by atoms with Crippen molar-refractivity contribution in [2.45, 2.75) is 12.2 Å². The van der Waals surface area contributed by atoms with Crippen molar-refractivity contribution < 1.29 is 26.7 Å². The van der Waals surface area contributed by atoms with Crippen LogP contribution in [0.2, 0.25) is 0 Å². The number of nitrogens with zero attached hydrogens (tertiary/aromatic N) is 1. The van der Waals surface area contributed by atoms with Crippen LogP contribution >= 0.6 is 0 Å². The Hall–Kier alpha value is -2.51. The van der Waals surface area contributed by atoms with Gasteiger partial charge in [0.15, 0.2) is 17.7 Å². The third-order valence-corrected chi connectivity index (χ3v) is 2.79. The van der Waals surface area contributed by atoms with Gasteiger partial charge in [0.25, 0.3) is 5.91 Å². The molecule has 2 aromatic rings. The largest absolute Gasteiger partial charge is 0.412 e. The van der Waals surface area contributed by atoms with E-state index in [0.717, 1.165) is 12.1 Å². The highest BCUT2D eigenvalue weighted by atomic mass is 19.4. The van der Waals surface area contributed by atoms with Gasteiger partial charge in [-0.3, -0.25) is 9.78 Å². The molecule has 1 aromatic heterocycles. The molecule has 1 aromatic carbocycles. The van der Waals surface area contributed by atoms with Crippen molar-refractivity contribution in [3.05, 3.63) is 65.5 Å². The maximum Gasteiger partial charge on any atom is 0.412 e. The van der Waals surface area contributed by atoms with E-state index in [1.54, 1.807) is 5.32 Å². The Morgan fingerprint density at radius 2 is 1.82 bits per heavy atom. The number of amides is 1. The molecule has 0 saturated heterocycles. The molecule has 1 amide bonds. The van der Waals surface area contributed by atoms with Gasteiger partial charge < -0.3 is 5.32 Å². The zero-order chi connectivity index (χ0) is 16.3. The standard InChI is InChI=1S/C14H9F5N2O/c15-9-5-3-4-8(11(9)16)12(14(17,18)19)21-13(22)10-6-1-2-7-20-10/h1-7,12H,(H,21,22). The monoisotopic (exact) mass is 316 g/mol. The van der Waals surface area contributed by atoms with Gasteiger partial charge in [-0.1, -0.05) is 18.2 Å². The van der Waals surface area contributed by atoms with Crippen LogP contribution < -0.4 is 5.32 Å². The molecule has 1 atom stereocenters. The number of aromatic nitrogens is 1. The summed E-state index contributed by atoms with van der Waals surface area (Å²) in [6, 6.07) is 3.78. The summed E-state index contributed by atoms with van der Waals surface area (Å²) in [5.74, 6) is -4.24. The molecule has 0 aliphatic carbocycles. The van der Waals surface area contributed by atoms with E-state index in [0.29, 0.717) is 6.07 Å². The van der Waals surface area contributed by atoms with Crippen LogP contribution in [0.3, 0.4) is 0 Å². The highest BCUT2D eigenvalue weighted by molar-refractivity contribution is 5.92. The smallest absolute Gasteiger partial charge is 0.335 e. The van der Waals surface area contributed by atoms with Gasteiger partial charge in [0.2, 0.25) is 0 Å². The Kier molecular flexibility index (Phi) is 4.39. The lowest BCUT2D eigenvalue weighted by molar-refractivity contribution is -0.155. The van der Waals surface area contributed by atoms with Gasteiger partial charge in [-0.2, -0.15) is 13.2 Å². The molecular formula is C14H9F5N2O. The average Bonchev–Trinajstić information content (AvgIpc) is 2.47. The first-order valence-corrected chi connectivity index (χ1v) is 6.03. The van der Waals surface area contributed by atoms with Crippen molar-refractivity contribution in [2.24, 2.45) is 0 Å². The molecule has 0 saturated carbocycles. The summed E-state index contributed by atoms with van der Waals surface area (Å²) in [6.07, 6.45) is -3.78. The van der Waals surface area contributed by atoms with Gasteiger partial charge in [-0.05, 0) is 18.2 Å². The number of carbonyl (C=O) groups is 1. The van der Waals surface area contributed by atoms with Gasteiger partial charge in [0.1, 0.15) is 5.69 Å². The van der Waals surface area contributed by atoms with Crippen molar-refractivity contribution in [3.63, 3.8) is 0 Å². The number of hydrogen-bond acceptors (Lipinski definition) is 2. The molecule has 0 bridgehead atoms. The van der Waals surface area contributed by atoms with E-state index < -0.39 is 35.3 Å². The van der Waals surface area contributed by atoms with E-state index in [1.807, 2.05) is 0 Å². The molecule has 22 heavy (non-hydrogen) atoms. The number of carbonyl (C=O) groups excluding carboxylic acids is 1. The van der Waals surface area contributed by atoms with E-state index in [-0.39, 0.29) is 5.69 Å². The molecule has 3 nitrogen and oxygen atoms in total. The van der Waals surface area contributed by atoms with Crippen LogP contribution in [0.4, 0.5) is 22.0 Å². The van der Waals surface area contributed by atoms with Gasteiger partial charge in [-0.15, -0.1) is 0 Å². The number of alkyl halides is 3. The third kappa shape index (κ3) is 3.38. The lowest BCUT2D eigenvalue weighted by Crippen LogP contribution is -2.39. The molecule has 1 N–H and O–H groups in total. The molecule has 0 fully saturated rings. The Labute approximate surface area is 121 Å². The van der Waals surface area contributed by atoms with Crippen molar-refractivity contribution in [1.82, 2.24) is 10.3 Å². The molecule has 0 aliphatic rings. The summed E-state index contributed by atoms with van der Waals surface area (Å²) in [7, 11) is 0. The molecular weight excluding hydrogens is 307 g/mol. The summed E-state index contributed by atoms with van der Waals surface area (Å²) >= 11 is 0. The molecule has 0 spiro atoms. The van der Waals surface area contributed by atoms with Crippen LogP contribution in [0, 0.1) is 11.6 Å². The van der Waals surface area contributed by atoms with Crippen LogP contribution in [0.1, 0.15) is 22.1 Å². The molecule has 1 heterocycles. The second kappa shape index (κ2) is 6.08. The molecule has 1 unspecified atom stereocenters. The Morgan fingerprint density at radius 1 is 1.09 bits per heavy atom. The summed E-state index contributed by atoms with van der Waals surface area (Å²) in [6.45, 7) is 0. The number of nitrogens with one attached hydrogen (secondary N) is 1. The van der Waals surface area contributed by atoms with Crippen molar-refractivity contribution in [2.75, 3.05) is 0 Å². The lowest BCUT2D eigenvalue weighted by Gasteiger charge is -2.22. The van der Waals surface area contributed by atoms with Crippen molar-refractivity contribution in [1.29, 1.82) is 0 Å². The normalized spacial score (nSPS) is 12.8. The zero-order valence-corrected chi connectivity index (χ0v) is 10.9. The Balaban J connectivity index is 2.36. The van der Waals surface area contributed by atoms with Gasteiger partial charge in [0.05, 0.1) is 0 Å². The fourth-order valence-corrected chi connectivity index (χ4v) is 1.78. The zero-order valence-electron chi connectivity index (χ0n) is 10.9. The lowest BCUT2D eigenvalue weighted by atomic mass is 10.1. The molecule has 8 heteroatoms. The predicted molar refractivity (Wildman–Crippen MR) is 66.9 cm³/mol. The molecule has 0 radical (unpaired) electrons. The van der Waals surface area contributed by atoms with Crippen LogP contribution in [0.5, 0.6) is 0 Å². The third-order valence-electron chi connectivity index (χ3n) is 2.79. The maximum absolute atomic E-state index is 13.6. The first kappa shape index (κ1) is 15.9. The fourth-order valence-electron chi connectivity index (χ4n) is 1.78. The summed E-state index contributed by atoms with van der Waals surface area (Å²) < 4.78 is 65.9. The minimum atomic E-state index is -5.00. The summed E-state index contributed by atoms with van der Waals surface area (Å²) in [5, 5.41) is 1.62. The topological polar surface area (TPSA) is 42.0 Å². The van der Waals surface area contributed by atoms with E-state index in [4.69, 9.17) is 0 Å². The van der Waals surface area contributed by atoms with Crippen LogP contribution in [-0.4, -0.2) is 17.1 Å². The van der Waals surface area contributed by atoms with Crippen LogP contribution in [0.25, 0.3) is 0 Å². The summed E-state index contributed by atoms with van der Waals surface area (Å²) in [5.41, 5.74) is -1.27. The predicted octanol–water partition coefficient (Wildman–Crippen LogP) is 3.39. The minimum absolute atomic E-state index is 0.270. The minimum Gasteiger partial charge on any atom is -0.335 e. The maximum atomic E-state index is 13.6.